The molecule has 3 N–H and O–H groups in total. The second kappa shape index (κ2) is 7.51. The molecule has 116 valence electrons. The monoisotopic (exact) mass is 300 g/mol. The summed E-state index contributed by atoms with van der Waals surface area (Å²) in [6.45, 7) is 3.71. The van der Waals surface area contributed by atoms with Crippen molar-refractivity contribution in [3.05, 3.63) is 53.4 Å². The SMILES string of the molecule is CC(O)/C=C(\C=C/C(C)c1ccc(O)nn1)C1=CNN=CC1. The summed E-state index contributed by atoms with van der Waals surface area (Å²) >= 11 is 0. The molecule has 1 aliphatic heterocycles. The number of hydrazone groups is 1. The third kappa shape index (κ3) is 4.53. The Balaban J connectivity index is 2.15. The van der Waals surface area contributed by atoms with Gasteiger partial charge in [0.15, 0.2) is 0 Å². The predicted octanol–water partition coefficient (Wildman–Crippen LogP) is 2.01. The highest BCUT2D eigenvalue weighted by Gasteiger charge is 2.08. The highest BCUT2D eigenvalue weighted by atomic mass is 16.3. The number of nitrogens with one attached hydrogen (secondary N) is 1. The fourth-order valence-corrected chi connectivity index (χ4v) is 2.03. The van der Waals surface area contributed by atoms with Crippen LogP contribution in [0.1, 0.15) is 31.9 Å². The van der Waals surface area contributed by atoms with E-state index in [1.54, 1.807) is 25.3 Å². The topological polar surface area (TPSA) is 90.6 Å². The van der Waals surface area contributed by atoms with Crippen LogP contribution in [0.4, 0.5) is 0 Å². The number of aromatic hydroxyl groups is 1. The number of aromatic nitrogens is 2. The first-order valence-corrected chi connectivity index (χ1v) is 7.13. The van der Waals surface area contributed by atoms with Gasteiger partial charge in [0, 0.05) is 30.8 Å². The first kappa shape index (κ1) is 15.9. The van der Waals surface area contributed by atoms with Crippen LogP contribution in [-0.4, -0.2) is 32.7 Å². The van der Waals surface area contributed by atoms with Crippen molar-refractivity contribution >= 4 is 6.21 Å². The average Bonchev–Trinajstić information content (AvgIpc) is 2.52. The van der Waals surface area contributed by atoms with Gasteiger partial charge in [-0.15, -0.1) is 5.10 Å². The van der Waals surface area contributed by atoms with E-state index in [0.717, 1.165) is 16.8 Å². The molecule has 0 aromatic carbocycles. The number of aliphatic hydroxyl groups excluding tert-OH is 1. The summed E-state index contributed by atoms with van der Waals surface area (Å²) < 4.78 is 0. The fraction of sp³-hybridized carbons (Fsp3) is 0.312. The van der Waals surface area contributed by atoms with E-state index in [4.69, 9.17) is 0 Å². The summed E-state index contributed by atoms with van der Waals surface area (Å²) in [6.07, 6.45) is 9.52. The molecule has 2 heterocycles. The van der Waals surface area contributed by atoms with Gasteiger partial charge in [-0.2, -0.15) is 10.2 Å². The molecule has 0 saturated carbocycles. The van der Waals surface area contributed by atoms with Crippen LogP contribution in [-0.2, 0) is 0 Å². The van der Waals surface area contributed by atoms with Gasteiger partial charge in [-0.25, -0.2) is 0 Å². The van der Waals surface area contributed by atoms with Crippen LogP contribution in [0.15, 0.2) is 52.8 Å². The van der Waals surface area contributed by atoms with Gasteiger partial charge < -0.3 is 10.2 Å². The van der Waals surface area contributed by atoms with E-state index < -0.39 is 6.10 Å². The lowest BCUT2D eigenvalue weighted by Gasteiger charge is -2.12. The van der Waals surface area contributed by atoms with E-state index in [9.17, 15) is 10.2 Å². The first-order valence-electron chi connectivity index (χ1n) is 7.13. The molecule has 1 aromatic heterocycles. The Morgan fingerprint density at radius 2 is 2.14 bits per heavy atom. The average molecular weight is 300 g/mol. The molecule has 1 aromatic rings. The Bertz CT molecular complexity index is 616. The van der Waals surface area contributed by atoms with Crippen molar-refractivity contribution in [2.24, 2.45) is 5.10 Å². The summed E-state index contributed by atoms with van der Waals surface area (Å²) in [5.41, 5.74) is 5.57. The molecular formula is C16H20N4O2. The second-order valence-electron chi connectivity index (χ2n) is 5.14. The maximum atomic E-state index is 9.62. The minimum absolute atomic E-state index is 0.0383. The predicted molar refractivity (Wildman–Crippen MR) is 85.3 cm³/mol. The molecule has 22 heavy (non-hydrogen) atoms. The zero-order chi connectivity index (χ0) is 15.9. The minimum Gasteiger partial charge on any atom is -0.492 e. The van der Waals surface area contributed by atoms with Crippen molar-refractivity contribution in [3.8, 4) is 5.88 Å². The van der Waals surface area contributed by atoms with Crippen LogP contribution >= 0.6 is 0 Å². The smallest absolute Gasteiger partial charge is 0.230 e. The molecule has 0 spiro atoms. The lowest BCUT2D eigenvalue weighted by atomic mass is 9.98. The van der Waals surface area contributed by atoms with Gasteiger partial charge >= 0.3 is 0 Å². The van der Waals surface area contributed by atoms with Gasteiger partial charge in [-0.3, -0.25) is 5.43 Å². The highest BCUT2D eigenvalue weighted by molar-refractivity contribution is 5.65. The van der Waals surface area contributed by atoms with E-state index in [0.29, 0.717) is 6.42 Å². The first-order chi connectivity index (χ1) is 10.6. The van der Waals surface area contributed by atoms with Crippen LogP contribution in [0.2, 0.25) is 0 Å². The molecule has 6 nitrogen and oxygen atoms in total. The molecule has 0 bridgehead atoms. The van der Waals surface area contributed by atoms with E-state index in [1.165, 1.54) is 6.07 Å². The third-order valence-corrected chi connectivity index (χ3v) is 3.21. The standard InChI is InChI=1S/C16H20N4O2/c1-11(15-5-6-16(22)20-19-15)3-4-13(9-12(2)21)14-7-8-17-18-10-14/h3-6,8-12,18,21H,7H2,1-2H3,(H,20,22)/b4-3-,13-9+. The molecule has 2 unspecified atom stereocenters. The van der Waals surface area contributed by atoms with Crippen molar-refractivity contribution in [2.45, 2.75) is 32.3 Å². The Kier molecular flexibility index (Phi) is 5.43. The van der Waals surface area contributed by atoms with Crippen molar-refractivity contribution in [1.82, 2.24) is 15.6 Å². The van der Waals surface area contributed by atoms with Gasteiger partial charge in [0.05, 0.1) is 11.8 Å². The van der Waals surface area contributed by atoms with Crippen LogP contribution in [0.3, 0.4) is 0 Å². The van der Waals surface area contributed by atoms with Crippen molar-refractivity contribution < 1.29 is 10.2 Å². The lowest BCUT2D eigenvalue weighted by Crippen LogP contribution is -2.07. The second-order valence-corrected chi connectivity index (χ2v) is 5.14. The summed E-state index contributed by atoms with van der Waals surface area (Å²) in [5.74, 6) is -0.0522. The highest BCUT2D eigenvalue weighted by Crippen LogP contribution is 2.20. The molecular weight excluding hydrogens is 280 g/mol. The molecule has 0 fully saturated rings. The van der Waals surface area contributed by atoms with Gasteiger partial charge in [-0.1, -0.05) is 19.1 Å². The lowest BCUT2D eigenvalue weighted by molar-refractivity contribution is 0.243. The van der Waals surface area contributed by atoms with Crippen molar-refractivity contribution in [2.75, 3.05) is 0 Å². The zero-order valence-electron chi connectivity index (χ0n) is 12.6. The zero-order valence-corrected chi connectivity index (χ0v) is 12.6. The van der Waals surface area contributed by atoms with Crippen LogP contribution in [0.25, 0.3) is 0 Å². The van der Waals surface area contributed by atoms with Gasteiger partial charge in [0.25, 0.3) is 0 Å². The molecule has 2 atom stereocenters. The number of hydrogen-bond acceptors (Lipinski definition) is 6. The molecule has 0 aliphatic carbocycles. The summed E-state index contributed by atoms with van der Waals surface area (Å²) in [7, 11) is 0. The van der Waals surface area contributed by atoms with Crippen LogP contribution in [0.5, 0.6) is 5.88 Å². The quantitative estimate of drug-likeness (QED) is 0.724. The molecule has 0 saturated heterocycles. The van der Waals surface area contributed by atoms with E-state index >= 15 is 0 Å². The van der Waals surface area contributed by atoms with Crippen molar-refractivity contribution in [1.29, 1.82) is 0 Å². The summed E-state index contributed by atoms with van der Waals surface area (Å²) in [4.78, 5) is 0. The number of aliphatic hydroxyl groups is 1. The molecule has 0 radical (unpaired) electrons. The Morgan fingerprint density at radius 1 is 1.32 bits per heavy atom. The van der Waals surface area contributed by atoms with Crippen LogP contribution < -0.4 is 5.43 Å². The maximum absolute atomic E-state index is 9.62. The van der Waals surface area contributed by atoms with Crippen LogP contribution in [0, 0.1) is 0 Å². The maximum Gasteiger partial charge on any atom is 0.230 e. The fourth-order valence-electron chi connectivity index (χ4n) is 2.03. The Hall–Kier alpha value is -2.47. The minimum atomic E-state index is -0.539. The van der Waals surface area contributed by atoms with E-state index in [-0.39, 0.29) is 11.8 Å². The third-order valence-electron chi connectivity index (χ3n) is 3.21. The molecule has 1 aliphatic rings. The van der Waals surface area contributed by atoms with Gasteiger partial charge in [0.1, 0.15) is 0 Å². The Labute approximate surface area is 129 Å². The number of nitrogens with zero attached hydrogens (tertiary/aromatic N) is 3. The number of rotatable bonds is 5. The Morgan fingerprint density at radius 3 is 2.73 bits per heavy atom. The van der Waals surface area contributed by atoms with E-state index in [1.807, 2.05) is 25.3 Å². The number of allylic oxidation sites excluding steroid dienone is 4. The van der Waals surface area contributed by atoms with E-state index in [2.05, 4.69) is 20.7 Å². The largest absolute Gasteiger partial charge is 0.492 e. The summed E-state index contributed by atoms with van der Waals surface area (Å²) in [5, 5.41) is 30.3. The molecule has 6 heteroatoms. The van der Waals surface area contributed by atoms with Gasteiger partial charge in [-0.05, 0) is 30.2 Å². The normalized spacial score (nSPS) is 18.0. The van der Waals surface area contributed by atoms with Gasteiger partial charge in [0.2, 0.25) is 5.88 Å². The molecule has 0 amide bonds. The molecule has 2 rings (SSSR count). The number of hydrogen-bond donors (Lipinski definition) is 3. The van der Waals surface area contributed by atoms with Crippen molar-refractivity contribution in [3.63, 3.8) is 0 Å². The summed E-state index contributed by atoms with van der Waals surface area (Å²) in [6, 6.07) is 3.26.